The Morgan fingerprint density at radius 3 is 2.81 bits per heavy atom. The van der Waals surface area contributed by atoms with Crippen molar-refractivity contribution >= 4 is 33.6 Å². The number of anilines is 1. The van der Waals surface area contributed by atoms with Gasteiger partial charge in [-0.1, -0.05) is 0 Å². The highest BCUT2D eigenvalue weighted by atomic mass is 79.9. The van der Waals surface area contributed by atoms with Crippen molar-refractivity contribution in [3.8, 4) is 6.07 Å². The summed E-state index contributed by atoms with van der Waals surface area (Å²) in [5, 5.41) is 20.8. The molecule has 2 rings (SSSR count). The zero-order valence-electron chi connectivity index (χ0n) is 11.4. The third kappa shape index (κ3) is 2.85. The van der Waals surface area contributed by atoms with E-state index in [1.807, 2.05) is 6.07 Å². The fourth-order valence-corrected chi connectivity index (χ4v) is 2.86. The number of nitrogens with one attached hydrogen (secondary N) is 1. The molecule has 21 heavy (non-hydrogen) atoms. The Morgan fingerprint density at radius 1 is 1.52 bits per heavy atom. The topological polar surface area (TPSA) is 93.4 Å². The van der Waals surface area contributed by atoms with Crippen LogP contribution in [0.2, 0.25) is 0 Å². The van der Waals surface area contributed by atoms with Crippen molar-refractivity contribution in [2.45, 2.75) is 25.3 Å². The zero-order chi connectivity index (χ0) is 15.6. The summed E-state index contributed by atoms with van der Waals surface area (Å²) in [5.41, 5.74) is -0.210. The predicted molar refractivity (Wildman–Crippen MR) is 79.9 cm³/mol. The number of urea groups is 1. The normalized spacial score (nSPS) is 20.9. The minimum Gasteiger partial charge on any atom is -0.480 e. The third-order valence-electron chi connectivity index (χ3n) is 3.69. The fourth-order valence-electron chi connectivity index (χ4n) is 2.38. The second kappa shape index (κ2) is 5.74. The molecule has 1 aromatic rings. The van der Waals surface area contributed by atoms with E-state index in [0.29, 0.717) is 35.1 Å². The number of carboxylic acids is 1. The Kier molecular flexibility index (Phi) is 4.19. The molecule has 0 spiro atoms. The van der Waals surface area contributed by atoms with E-state index in [1.54, 1.807) is 25.1 Å². The number of aliphatic carboxylic acids is 1. The SMILES string of the molecule is CC1(C(=O)O)CCCN1C(=O)Nc1ccc(C#N)cc1Br. The van der Waals surface area contributed by atoms with Gasteiger partial charge in [-0.25, -0.2) is 9.59 Å². The van der Waals surface area contributed by atoms with Gasteiger partial charge in [-0.15, -0.1) is 0 Å². The van der Waals surface area contributed by atoms with Crippen LogP contribution in [-0.4, -0.2) is 34.1 Å². The van der Waals surface area contributed by atoms with Gasteiger partial charge >= 0.3 is 12.0 Å². The van der Waals surface area contributed by atoms with Gasteiger partial charge in [0.05, 0.1) is 17.3 Å². The number of nitrogens with zero attached hydrogens (tertiary/aromatic N) is 2. The number of carbonyl (C=O) groups is 2. The van der Waals surface area contributed by atoms with Crippen LogP contribution in [0.5, 0.6) is 0 Å². The molecule has 110 valence electrons. The molecular formula is C14H14BrN3O3. The molecule has 7 heteroatoms. The number of amides is 2. The summed E-state index contributed by atoms with van der Waals surface area (Å²) in [5.74, 6) is -1.01. The van der Waals surface area contributed by atoms with Crippen LogP contribution in [0.3, 0.4) is 0 Å². The van der Waals surface area contributed by atoms with E-state index in [-0.39, 0.29) is 0 Å². The van der Waals surface area contributed by atoms with E-state index in [4.69, 9.17) is 5.26 Å². The summed E-state index contributed by atoms with van der Waals surface area (Å²) in [6, 6.07) is 6.33. The van der Waals surface area contributed by atoms with Gasteiger partial charge in [-0.05, 0) is 53.9 Å². The lowest BCUT2D eigenvalue weighted by molar-refractivity contribution is -0.146. The molecule has 6 nitrogen and oxygen atoms in total. The van der Waals surface area contributed by atoms with Crippen LogP contribution in [0.1, 0.15) is 25.3 Å². The first-order valence-electron chi connectivity index (χ1n) is 6.40. The van der Waals surface area contributed by atoms with Crippen molar-refractivity contribution in [3.05, 3.63) is 28.2 Å². The molecule has 0 aliphatic carbocycles. The fraction of sp³-hybridized carbons (Fsp3) is 0.357. The first-order valence-corrected chi connectivity index (χ1v) is 7.19. The van der Waals surface area contributed by atoms with Crippen molar-refractivity contribution in [1.29, 1.82) is 5.26 Å². The lowest BCUT2D eigenvalue weighted by Crippen LogP contribution is -2.52. The number of halogens is 1. The Balaban J connectivity index is 2.19. The number of likely N-dealkylation sites (tertiary alicyclic amines) is 1. The van der Waals surface area contributed by atoms with Crippen LogP contribution in [0.4, 0.5) is 10.5 Å². The molecule has 1 unspecified atom stereocenters. The zero-order valence-corrected chi connectivity index (χ0v) is 13.0. The maximum Gasteiger partial charge on any atom is 0.329 e. The van der Waals surface area contributed by atoms with Crippen molar-refractivity contribution in [1.82, 2.24) is 4.90 Å². The van der Waals surface area contributed by atoms with Gasteiger partial charge < -0.3 is 15.3 Å². The quantitative estimate of drug-likeness (QED) is 0.856. The van der Waals surface area contributed by atoms with Crippen LogP contribution < -0.4 is 5.32 Å². The second-order valence-electron chi connectivity index (χ2n) is 5.07. The van der Waals surface area contributed by atoms with Crippen LogP contribution in [0, 0.1) is 11.3 Å². The maximum atomic E-state index is 12.3. The van der Waals surface area contributed by atoms with Crippen molar-refractivity contribution in [2.75, 3.05) is 11.9 Å². The van der Waals surface area contributed by atoms with E-state index in [1.165, 1.54) is 4.90 Å². The van der Waals surface area contributed by atoms with Gasteiger partial charge in [0.15, 0.2) is 0 Å². The molecule has 1 atom stereocenters. The number of nitriles is 1. The summed E-state index contributed by atoms with van der Waals surface area (Å²) in [4.78, 5) is 25.0. The first kappa shape index (κ1) is 15.3. The molecule has 1 saturated heterocycles. The van der Waals surface area contributed by atoms with Crippen molar-refractivity contribution < 1.29 is 14.7 Å². The molecular weight excluding hydrogens is 338 g/mol. The van der Waals surface area contributed by atoms with Crippen molar-refractivity contribution in [3.63, 3.8) is 0 Å². The molecule has 2 N–H and O–H groups in total. The Labute approximate surface area is 130 Å². The summed E-state index contributed by atoms with van der Waals surface area (Å²) in [7, 11) is 0. The summed E-state index contributed by atoms with van der Waals surface area (Å²) in [6.45, 7) is 1.96. The summed E-state index contributed by atoms with van der Waals surface area (Å²) in [6.07, 6.45) is 1.09. The Bertz CT molecular complexity index is 641. The van der Waals surface area contributed by atoms with Gasteiger partial charge in [-0.3, -0.25) is 0 Å². The molecule has 1 aliphatic heterocycles. The smallest absolute Gasteiger partial charge is 0.329 e. The first-order chi connectivity index (χ1) is 9.88. The maximum absolute atomic E-state index is 12.3. The van der Waals surface area contributed by atoms with E-state index in [2.05, 4.69) is 21.2 Å². The predicted octanol–water partition coefficient (Wildman–Crippen LogP) is 2.79. The van der Waals surface area contributed by atoms with Gasteiger partial charge in [0.2, 0.25) is 0 Å². The molecule has 0 bridgehead atoms. The molecule has 0 aromatic heterocycles. The highest BCUT2D eigenvalue weighted by molar-refractivity contribution is 9.10. The molecule has 1 heterocycles. The van der Waals surface area contributed by atoms with Crippen LogP contribution in [-0.2, 0) is 4.79 Å². The highest BCUT2D eigenvalue weighted by Crippen LogP contribution is 2.31. The van der Waals surface area contributed by atoms with E-state index < -0.39 is 17.5 Å². The third-order valence-corrected chi connectivity index (χ3v) is 4.34. The average molecular weight is 352 g/mol. The van der Waals surface area contributed by atoms with Gasteiger partial charge in [0.25, 0.3) is 0 Å². The number of carboxylic acid groups (broad SMARTS) is 1. The van der Waals surface area contributed by atoms with E-state index >= 15 is 0 Å². The monoisotopic (exact) mass is 351 g/mol. The van der Waals surface area contributed by atoms with Gasteiger partial charge in [0.1, 0.15) is 5.54 Å². The lowest BCUT2D eigenvalue weighted by Gasteiger charge is -2.31. The van der Waals surface area contributed by atoms with Gasteiger partial charge in [-0.2, -0.15) is 5.26 Å². The summed E-state index contributed by atoms with van der Waals surface area (Å²) >= 11 is 3.28. The van der Waals surface area contributed by atoms with Crippen LogP contribution in [0.25, 0.3) is 0 Å². The number of hydrogen-bond donors (Lipinski definition) is 2. The highest BCUT2D eigenvalue weighted by Gasteiger charge is 2.46. The minimum atomic E-state index is -1.18. The standard InChI is InChI=1S/C14H14BrN3O3/c1-14(12(19)20)5-2-6-18(14)13(21)17-11-4-3-9(8-16)7-10(11)15/h3-4,7H,2,5-6H2,1H3,(H,17,21)(H,19,20). The molecule has 0 radical (unpaired) electrons. The molecule has 2 amide bonds. The number of hydrogen-bond acceptors (Lipinski definition) is 3. The minimum absolute atomic E-state index is 0.405. The molecule has 1 aromatic carbocycles. The number of benzene rings is 1. The largest absolute Gasteiger partial charge is 0.480 e. The molecule has 0 saturated carbocycles. The summed E-state index contributed by atoms with van der Waals surface area (Å²) < 4.78 is 0.575. The van der Waals surface area contributed by atoms with Crippen LogP contribution in [0.15, 0.2) is 22.7 Å². The Hall–Kier alpha value is -2.07. The number of rotatable bonds is 2. The number of carbonyl (C=O) groups excluding carboxylic acids is 1. The van der Waals surface area contributed by atoms with E-state index in [0.717, 1.165) is 0 Å². The van der Waals surface area contributed by atoms with E-state index in [9.17, 15) is 14.7 Å². The average Bonchev–Trinajstić information content (AvgIpc) is 2.84. The molecule has 1 fully saturated rings. The lowest BCUT2D eigenvalue weighted by atomic mass is 10.00. The van der Waals surface area contributed by atoms with Gasteiger partial charge in [0, 0.05) is 11.0 Å². The van der Waals surface area contributed by atoms with Crippen LogP contribution >= 0.6 is 15.9 Å². The second-order valence-corrected chi connectivity index (χ2v) is 5.93. The Morgan fingerprint density at radius 2 is 2.24 bits per heavy atom. The van der Waals surface area contributed by atoms with Crippen molar-refractivity contribution in [2.24, 2.45) is 0 Å². The molecule has 1 aliphatic rings.